The molecule has 4 aromatic heterocycles. The molecular weight excluding hydrogens is 422 g/mol. The summed E-state index contributed by atoms with van der Waals surface area (Å²) in [7, 11) is 0. The van der Waals surface area contributed by atoms with Gasteiger partial charge in [-0.3, -0.25) is 4.57 Å². The van der Waals surface area contributed by atoms with Crippen LogP contribution in [0.5, 0.6) is 0 Å². The number of hydrogen-bond acceptors (Lipinski definition) is 8. The lowest BCUT2D eigenvalue weighted by Crippen LogP contribution is -2.13. The molecule has 0 radical (unpaired) electrons. The van der Waals surface area contributed by atoms with Crippen LogP contribution in [-0.4, -0.2) is 38.0 Å². The first-order valence-electron chi connectivity index (χ1n) is 11.8. The van der Waals surface area contributed by atoms with Gasteiger partial charge in [-0.1, -0.05) is 11.3 Å². The van der Waals surface area contributed by atoms with E-state index in [1.54, 1.807) is 29.1 Å². The number of carbonyl (C=O) groups is 1. The van der Waals surface area contributed by atoms with Gasteiger partial charge in [0.15, 0.2) is 5.01 Å². The largest absolute Gasteiger partial charge is 0.387 e. The van der Waals surface area contributed by atoms with Crippen molar-refractivity contribution >= 4 is 34.3 Å². The maximum atomic E-state index is 11.1. The summed E-state index contributed by atoms with van der Waals surface area (Å²) in [5, 5.41) is 22.7. The smallest absolute Gasteiger partial charge is 0.151 e. The normalized spacial score (nSPS) is 20.2. The van der Waals surface area contributed by atoms with Crippen LogP contribution < -0.4 is 5.32 Å². The highest BCUT2D eigenvalue weighted by Gasteiger charge is 2.25. The molecule has 0 unspecified atom stereocenters. The van der Waals surface area contributed by atoms with E-state index in [0.29, 0.717) is 33.3 Å². The Kier molecular flexibility index (Phi) is 4.50. The Labute approximate surface area is 193 Å². The summed E-state index contributed by atoms with van der Waals surface area (Å²) in [5.41, 5.74) is 1.97. The Bertz CT molecular complexity index is 1430. The monoisotopic (exact) mass is 446 g/mol. The van der Waals surface area contributed by atoms with Crippen LogP contribution in [0.4, 0.5) is 5.69 Å². The van der Waals surface area contributed by atoms with Crippen molar-refractivity contribution in [3.8, 4) is 22.5 Å². The lowest BCUT2D eigenvalue weighted by atomic mass is 9.83. The molecule has 0 aromatic carbocycles. The molecule has 1 fully saturated rings. The van der Waals surface area contributed by atoms with Crippen molar-refractivity contribution in [1.29, 1.82) is 5.26 Å². The number of fused-ring (bicyclic) bond motifs is 1. The molecule has 160 valence electrons. The molecule has 8 nitrogen and oxygen atoms in total. The standard InChI is InChI=1S/C23H21N7OS/c1-25-19-9-20(30-7-6-17-8-15(10-24)11-27-21(17)30)26-12-18(19)23-29-28-22(32-23)16-4-2-14(13-31)3-5-16/h6-9,11-14,16H,2-5H2,1H3,(H,25,26)/i1D3. The van der Waals surface area contributed by atoms with Crippen LogP contribution in [0.3, 0.4) is 0 Å². The lowest BCUT2D eigenvalue weighted by molar-refractivity contribution is -0.111. The summed E-state index contributed by atoms with van der Waals surface area (Å²) in [6.07, 6.45) is 9.35. The van der Waals surface area contributed by atoms with Crippen LogP contribution in [0.25, 0.3) is 27.4 Å². The zero-order valence-electron chi connectivity index (χ0n) is 20.0. The van der Waals surface area contributed by atoms with Crippen molar-refractivity contribution in [2.24, 2.45) is 5.92 Å². The molecule has 1 aliphatic carbocycles. The molecule has 9 heteroatoms. The number of nitrogens with zero attached hydrogens (tertiary/aromatic N) is 6. The van der Waals surface area contributed by atoms with E-state index >= 15 is 0 Å². The SMILES string of the molecule is [2H]C([2H])([2H])Nc1cc(-n2ccc3cc(C#N)cnc32)ncc1-c1nnc(C2CCC(C=O)CC2)s1. The van der Waals surface area contributed by atoms with Gasteiger partial charge in [-0.15, -0.1) is 10.2 Å². The van der Waals surface area contributed by atoms with Gasteiger partial charge < -0.3 is 10.1 Å². The fraction of sp³-hybridized carbons (Fsp3) is 0.304. The van der Waals surface area contributed by atoms with Crippen molar-refractivity contribution in [3.63, 3.8) is 0 Å². The summed E-state index contributed by atoms with van der Waals surface area (Å²) < 4.78 is 25.0. The molecule has 32 heavy (non-hydrogen) atoms. The van der Waals surface area contributed by atoms with E-state index in [9.17, 15) is 4.79 Å². The first-order chi connectivity index (χ1) is 16.8. The number of anilines is 1. The summed E-state index contributed by atoms with van der Waals surface area (Å²) in [5.74, 6) is 0.847. The number of nitriles is 1. The maximum Gasteiger partial charge on any atom is 0.151 e. The number of aldehydes is 1. The fourth-order valence-corrected chi connectivity index (χ4v) is 5.17. The average Bonchev–Trinajstić information content (AvgIpc) is 3.50. The number of aromatic nitrogens is 5. The van der Waals surface area contributed by atoms with E-state index in [0.717, 1.165) is 42.4 Å². The molecule has 1 saturated carbocycles. The van der Waals surface area contributed by atoms with Crippen LogP contribution in [0.1, 0.15) is 46.3 Å². The quantitative estimate of drug-likeness (QED) is 0.455. The molecule has 0 saturated heterocycles. The first kappa shape index (κ1) is 17.0. The molecule has 1 N–H and O–H groups in total. The van der Waals surface area contributed by atoms with Gasteiger partial charge in [0.2, 0.25) is 0 Å². The van der Waals surface area contributed by atoms with Gasteiger partial charge in [-0.05, 0) is 37.8 Å². The third kappa shape index (κ3) is 3.63. The highest BCUT2D eigenvalue weighted by Crippen LogP contribution is 2.39. The van der Waals surface area contributed by atoms with Gasteiger partial charge >= 0.3 is 0 Å². The minimum Gasteiger partial charge on any atom is -0.387 e. The topological polar surface area (TPSA) is 109 Å². The number of carbonyl (C=O) groups excluding carboxylic acids is 1. The van der Waals surface area contributed by atoms with E-state index in [2.05, 4.69) is 31.6 Å². The van der Waals surface area contributed by atoms with Crippen LogP contribution >= 0.6 is 11.3 Å². The predicted molar refractivity (Wildman–Crippen MR) is 123 cm³/mol. The Morgan fingerprint density at radius 1 is 1.25 bits per heavy atom. The summed E-state index contributed by atoms with van der Waals surface area (Å²) in [4.78, 5) is 20.0. The minimum atomic E-state index is -2.42. The van der Waals surface area contributed by atoms with Gasteiger partial charge in [0.1, 0.15) is 28.8 Å². The molecule has 4 heterocycles. The Morgan fingerprint density at radius 2 is 2.12 bits per heavy atom. The molecule has 0 aliphatic heterocycles. The predicted octanol–water partition coefficient (Wildman–Crippen LogP) is 4.33. The van der Waals surface area contributed by atoms with Crippen molar-refractivity contribution in [2.45, 2.75) is 31.6 Å². The number of hydrogen-bond donors (Lipinski definition) is 1. The van der Waals surface area contributed by atoms with Crippen molar-refractivity contribution in [1.82, 2.24) is 24.7 Å². The highest BCUT2D eigenvalue weighted by atomic mass is 32.1. The molecule has 0 amide bonds. The molecule has 0 bridgehead atoms. The second-order valence-electron chi connectivity index (χ2n) is 7.84. The van der Waals surface area contributed by atoms with Gasteiger partial charge in [-0.25, -0.2) is 9.97 Å². The third-order valence-electron chi connectivity index (χ3n) is 5.91. The van der Waals surface area contributed by atoms with Gasteiger partial charge in [0, 0.05) is 58.7 Å². The molecule has 1 aliphatic rings. The van der Waals surface area contributed by atoms with Crippen molar-refractivity contribution in [2.75, 3.05) is 12.3 Å². The van der Waals surface area contributed by atoms with E-state index in [-0.39, 0.29) is 11.8 Å². The van der Waals surface area contributed by atoms with E-state index in [1.165, 1.54) is 17.5 Å². The van der Waals surface area contributed by atoms with Crippen LogP contribution in [0.2, 0.25) is 0 Å². The number of pyridine rings is 2. The van der Waals surface area contributed by atoms with Crippen LogP contribution in [0.15, 0.2) is 36.8 Å². The summed E-state index contributed by atoms with van der Waals surface area (Å²) in [6, 6.07) is 7.28. The van der Waals surface area contributed by atoms with Crippen molar-refractivity contribution < 1.29 is 8.91 Å². The molecule has 0 atom stereocenters. The highest BCUT2D eigenvalue weighted by molar-refractivity contribution is 7.14. The van der Waals surface area contributed by atoms with Gasteiger partial charge in [0.25, 0.3) is 0 Å². The molecule has 5 rings (SSSR count). The Balaban J connectivity index is 1.50. The third-order valence-corrected chi connectivity index (χ3v) is 7.03. The fourth-order valence-electron chi connectivity index (χ4n) is 4.13. The minimum absolute atomic E-state index is 0.122. The first-order valence-corrected chi connectivity index (χ1v) is 11.1. The summed E-state index contributed by atoms with van der Waals surface area (Å²) >= 11 is 1.43. The van der Waals surface area contributed by atoms with Crippen LogP contribution in [-0.2, 0) is 4.79 Å². The van der Waals surface area contributed by atoms with Crippen LogP contribution in [0, 0.1) is 17.2 Å². The number of nitrogens with one attached hydrogen (secondary N) is 1. The Hall–Kier alpha value is -3.64. The van der Waals surface area contributed by atoms with E-state index in [1.807, 2.05) is 6.07 Å². The summed E-state index contributed by atoms with van der Waals surface area (Å²) in [6.45, 7) is -2.42. The lowest BCUT2D eigenvalue weighted by Gasteiger charge is -2.23. The van der Waals surface area contributed by atoms with E-state index in [4.69, 9.17) is 9.37 Å². The zero-order valence-corrected chi connectivity index (χ0v) is 17.8. The molecular formula is C23H21N7OS. The van der Waals surface area contributed by atoms with Gasteiger partial charge in [0.05, 0.1) is 11.1 Å². The molecule has 4 aromatic rings. The number of rotatable bonds is 5. The second-order valence-corrected chi connectivity index (χ2v) is 8.85. The Morgan fingerprint density at radius 3 is 2.91 bits per heavy atom. The van der Waals surface area contributed by atoms with Gasteiger partial charge in [-0.2, -0.15) is 5.26 Å². The molecule has 0 spiro atoms. The van der Waals surface area contributed by atoms with Crippen molar-refractivity contribution in [3.05, 3.63) is 47.4 Å². The second kappa shape index (κ2) is 8.48. The maximum absolute atomic E-state index is 11.1. The zero-order chi connectivity index (χ0) is 24.6. The average molecular weight is 447 g/mol. The van der Waals surface area contributed by atoms with E-state index < -0.39 is 6.98 Å².